The molecule has 37 heavy (non-hydrogen) atoms. The lowest BCUT2D eigenvalue weighted by Crippen LogP contribution is -2.61. The van der Waals surface area contributed by atoms with Crippen molar-refractivity contribution in [3.63, 3.8) is 0 Å². The molecule has 3 fully saturated rings. The van der Waals surface area contributed by atoms with Gasteiger partial charge in [0.2, 0.25) is 5.91 Å². The molecule has 7 nitrogen and oxygen atoms in total. The Labute approximate surface area is 216 Å². The highest BCUT2D eigenvalue weighted by molar-refractivity contribution is 6.31. The van der Waals surface area contributed by atoms with Crippen molar-refractivity contribution in [2.24, 2.45) is 5.41 Å². The summed E-state index contributed by atoms with van der Waals surface area (Å²) in [6, 6.07) is 6.93. The summed E-state index contributed by atoms with van der Waals surface area (Å²) >= 11 is 5.96. The molecule has 0 radical (unpaired) electrons. The number of carbonyl (C=O) groups excluding carboxylic acids is 3. The summed E-state index contributed by atoms with van der Waals surface area (Å²) in [5.41, 5.74) is -1.16. The van der Waals surface area contributed by atoms with E-state index in [1.54, 1.807) is 12.1 Å². The van der Waals surface area contributed by atoms with Crippen molar-refractivity contribution in [1.82, 2.24) is 15.6 Å². The van der Waals surface area contributed by atoms with Crippen LogP contribution in [0.2, 0.25) is 5.02 Å². The number of fused-ring (bicyclic) bond motifs is 4. The van der Waals surface area contributed by atoms with Crippen LogP contribution in [0.1, 0.15) is 66.6 Å². The van der Waals surface area contributed by atoms with Crippen LogP contribution in [0.3, 0.4) is 0 Å². The maximum absolute atomic E-state index is 13.1. The molecule has 1 aromatic carbocycles. The second-order valence-electron chi connectivity index (χ2n) is 10.1. The number of nitrogens with zero attached hydrogens (tertiary/aromatic N) is 1. The van der Waals surface area contributed by atoms with Gasteiger partial charge in [-0.15, -0.1) is 0 Å². The standard InChI is InChI=1S/C26H25ClF3N3O4/c27-16-2-4-20-18(11-16)19(34)12-21(37-20)22(35)33-25-8-5-24(6-9-25,7-10-25)23(36)32-14-17-3-1-15(13-31-17)26(28,29)30/h1-4,11,13,21H,5-10,12,14H2,(H,32,36)(H,33,35)/t21-,24?,25?/m1/s1. The van der Waals surface area contributed by atoms with E-state index in [0.717, 1.165) is 12.3 Å². The third-order valence-corrected chi connectivity index (χ3v) is 8.11. The Balaban J connectivity index is 1.16. The first-order chi connectivity index (χ1) is 17.5. The average molecular weight is 536 g/mol. The van der Waals surface area contributed by atoms with Crippen molar-refractivity contribution >= 4 is 29.2 Å². The second-order valence-corrected chi connectivity index (χ2v) is 10.6. The van der Waals surface area contributed by atoms with Crippen molar-refractivity contribution in [3.05, 3.63) is 58.4 Å². The summed E-state index contributed by atoms with van der Waals surface area (Å²) < 4.78 is 44.0. The van der Waals surface area contributed by atoms with Crippen molar-refractivity contribution in [3.8, 4) is 5.75 Å². The van der Waals surface area contributed by atoms with Crippen LogP contribution in [-0.4, -0.2) is 34.2 Å². The van der Waals surface area contributed by atoms with Crippen LogP contribution in [0.25, 0.3) is 0 Å². The first-order valence-corrected chi connectivity index (χ1v) is 12.5. The highest BCUT2D eigenvalue weighted by Crippen LogP contribution is 2.52. The number of amides is 2. The van der Waals surface area contributed by atoms with Gasteiger partial charge in [0.15, 0.2) is 11.9 Å². The highest BCUT2D eigenvalue weighted by atomic mass is 35.5. The van der Waals surface area contributed by atoms with Gasteiger partial charge in [-0.25, -0.2) is 0 Å². The molecule has 3 aliphatic carbocycles. The minimum atomic E-state index is -4.46. The largest absolute Gasteiger partial charge is 0.479 e. The molecule has 0 saturated heterocycles. The van der Waals surface area contributed by atoms with Crippen LogP contribution in [-0.2, 0) is 22.3 Å². The normalized spacial score (nSPS) is 26.7. The zero-order chi connectivity index (χ0) is 26.4. The van der Waals surface area contributed by atoms with Gasteiger partial charge < -0.3 is 15.4 Å². The summed E-state index contributed by atoms with van der Waals surface area (Å²) in [6.07, 6.45) is -1.15. The van der Waals surface area contributed by atoms with Gasteiger partial charge in [0.05, 0.1) is 29.8 Å². The number of pyridine rings is 1. The lowest BCUT2D eigenvalue weighted by Gasteiger charge is -2.52. The first-order valence-electron chi connectivity index (χ1n) is 12.1. The zero-order valence-corrected chi connectivity index (χ0v) is 20.5. The summed E-state index contributed by atoms with van der Waals surface area (Å²) in [4.78, 5) is 42.4. The maximum Gasteiger partial charge on any atom is 0.417 e. The fraction of sp³-hybridized carbons (Fsp3) is 0.462. The van der Waals surface area contributed by atoms with E-state index >= 15 is 0 Å². The highest BCUT2D eigenvalue weighted by Gasteiger charge is 2.53. The number of hydrogen-bond donors (Lipinski definition) is 2. The summed E-state index contributed by atoms with van der Waals surface area (Å²) in [5.74, 6) is -0.359. The molecule has 2 aromatic rings. The third kappa shape index (κ3) is 5.03. The fourth-order valence-electron chi connectivity index (χ4n) is 5.55. The Hall–Kier alpha value is -3.14. The number of rotatable bonds is 5. The summed E-state index contributed by atoms with van der Waals surface area (Å²) in [6.45, 7) is 0.0420. The number of Topliss-reactive ketones (excluding diaryl/α,β-unsaturated/α-hetero) is 1. The lowest BCUT2D eigenvalue weighted by atomic mass is 9.57. The van der Waals surface area contributed by atoms with Gasteiger partial charge >= 0.3 is 6.18 Å². The predicted molar refractivity (Wildman–Crippen MR) is 127 cm³/mol. The number of ether oxygens (including phenoxy) is 1. The molecule has 2 amide bonds. The van der Waals surface area contributed by atoms with Crippen LogP contribution >= 0.6 is 11.6 Å². The van der Waals surface area contributed by atoms with E-state index in [1.807, 2.05) is 0 Å². The topological polar surface area (TPSA) is 97.4 Å². The number of benzene rings is 1. The maximum atomic E-state index is 13.1. The smallest absolute Gasteiger partial charge is 0.417 e. The molecule has 2 bridgehead atoms. The molecule has 1 aliphatic heterocycles. The van der Waals surface area contributed by atoms with Gasteiger partial charge in [-0.2, -0.15) is 13.2 Å². The van der Waals surface area contributed by atoms with E-state index in [-0.39, 0.29) is 30.6 Å². The Bertz CT molecular complexity index is 1220. The molecule has 2 N–H and O–H groups in total. The number of carbonyl (C=O) groups is 3. The molecule has 2 heterocycles. The van der Waals surface area contributed by atoms with E-state index in [9.17, 15) is 27.6 Å². The van der Waals surface area contributed by atoms with Crippen molar-refractivity contribution in [2.45, 2.75) is 69.3 Å². The van der Waals surface area contributed by atoms with Crippen LogP contribution < -0.4 is 15.4 Å². The van der Waals surface area contributed by atoms with Crippen LogP contribution in [0, 0.1) is 5.41 Å². The quantitative estimate of drug-likeness (QED) is 0.582. The third-order valence-electron chi connectivity index (χ3n) is 7.87. The molecule has 196 valence electrons. The van der Waals surface area contributed by atoms with Crippen molar-refractivity contribution < 1.29 is 32.3 Å². The number of aromatic nitrogens is 1. The number of nitrogens with one attached hydrogen (secondary N) is 2. The fourth-order valence-corrected chi connectivity index (χ4v) is 5.73. The van der Waals surface area contributed by atoms with E-state index in [4.69, 9.17) is 16.3 Å². The molecule has 6 rings (SSSR count). The average Bonchev–Trinajstić information content (AvgIpc) is 2.88. The van der Waals surface area contributed by atoms with Gasteiger partial charge in [0, 0.05) is 22.2 Å². The Morgan fingerprint density at radius 2 is 1.78 bits per heavy atom. The minimum absolute atomic E-state index is 0.0420. The molecule has 1 atom stereocenters. The molecular weight excluding hydrogens is 511 g/mol. The summed E-state index contributed by atoms with van der Waals surface area (Å²) in [7, 11) is 0. The van der Waals surface area contributed by atoms with Gasteiger partial charge in [-0.1, -0.05) is 11.6 Å². The molecular formula is C26H25ClF3N3O4. The van der Waals surface area contributed by atoms with Crippen LogP contribution in [0.15, 0.2) is 36.5 Å². The van der Waals surface area contributed by atoms with Gasteiger partial charge in [0.25, 0.3) is 5.91 Å². The monoisotopic (exact) mass is 535 g/mol. The first kappa shape index (κ1) is 25.5. The Morgan fingerprint density at radius 1 is 1.08 bits per heavy atom. The van der Waals surface area contributed by atoms with Gasteiger partial charge in [-0.05, 0) is 68.9 Å². The number of ketones is 1. The molecule has 4 aliphatic rings. The van der Waals surface area contributed by atoms with Crippen molar-refractivity contribution in [1.29, 1.82) is 0 Å². The number of alkyl halides is 3. The van der Waals surface area contributed by atoms with Crippen LogP contribution in [0.4, 0.5) is 13.2 Å². The lowest BCUT2D eigenvalue weighted by molar-refractivity contribution is -0.141. The summed E-state index contributed by atoms with van der Waals surface area (Å²) in [5, 5.41) is 6.36. The minimum Gasteiger partial charge on any atom is -0.479 e. The SMILES string of the molecule is O=C1C[C@H](C(=O)NC23CCC(C(=O)NCc4ccc(C(F)(F)F)cn4)(CC2)CC3)Oc2ccc(Cl)cc21. The van der Waals surface area contributed by atoms with E-state index in [0.29, 0.717) is 60.6 Å². The van der Waals surface area contributed by atoms with Crippen LogP contribution in [0.5, 0.6) is 5.75 Å². The number of halogens is 4. The zero-order valence-electron chi connectivity index (χ0n) is 19.8. The van der Waals surface area contributed by atoms with Crippen molar-refractivity contribution in [2.75, 3.05) is 0 Å². The molecule has 11 heteroatoms. The molecule has 3 saturated carbocycles. The predicted octanol–water partition coefficient (Wildman–Crippen LogP) is 4.61. The van der Waals surface area contributed by atoms with E-state index in [2.05, 4.69) is 15.6 Å². The van der Waals surface area contributed by atoms with Gasteiger partial charge in [-0.3, -0.25) is 19.4 Å². The van der Waals surface area contributed by atoms with E-state index in [1.165, 1.54) is 12.1 Å². The second kappa shape index (κ2) is 9.31. The van der Waals surface area contributed by atoms with E-state index < -0.39 is 28.8 Å². The van der Waals surface area contributed by atoms with Gasteiger partial charge in [0.1, 0.15) is 5.75 Å². The molecule has 1 aromatic heterocycles. The Morgan fingerprint density at radius 3 is 2.41 bits per heavy atom. The molecule has 0 unspecified atom stereocenters. The molecule has 0 spiro atoms. The Kier molecular flexibility index (Phi) is 6.42. The number of hydrogen-bond acceptors (Lipinski definition) is 5.